The van der Waals surface area contributed by atoms with Gasteiger partial charge in [-0.15, -0.1) is 0 Å². The second-order valence-corrected chi connectivity index (χ2v) is 4.73. The summed E-state index contributed by atoms with van der Waals surface area (Å²) >= 11 is 0. The summed E-state index contributed by atoms with van der Waals surface area (Å²) in [6.45, 7) is 6.70. The third kappa shape index (κ3) is 1.27. The lowest BCUT2D eigenvalue weighted by Gasteiger charge is -2.38. The maximum Gasteiger partial charge on any atom is 0.0620 e. The molecule has 2 fully saturated rings. The molecule has 1 unspecified atom stereocenters. The van der Waals surface area contributed by atoms with Gasteiger partial charge in [-0.3, -0.25) is 0 Å². The second kappa shape index (κ2) is 2.71. The summed E-state index contributed by atoms with van der Waals surface area (Å²) in [5.74, 6) is 0. The summed E-state index contributed by atoms with van der Waals surface area (Å²) in [5, 5.41) is 9.77. The van der Waals surface area contributed by atoms with Gasteiger partial charge in [-0.2, -0.15) is 0 Å². The zero-order valence-corrected chi connectivity index (χ0v) is 8.08. The van der Waals surface area contributed by atoms with E-state index >= 15 is 0 Å². The molecule has 1 saturated carbocycles. The fourth-order valence-corrected chi connectivity index (χ4v) is 2.28. The van der Waals surface area contributed by atoms with Gasteiger partial charge in [0.2, 0.25) is 0 Å². The lowest BCUT2D eigenvalue weighted by Crippen LogP contribution is -2.47. The second-order valence-electron chi connectivity index (χ2n) is 4.73. The van der Waals surface area contributed by atoms with Crippen LogP contribution in [0.1, 0.15) is 33.1 Å². The summed E-state index contributed by atoms with van der Waals surface area (Å²) in [6, 6.07) is 0.648. The Morgan fingerprint density at radius 2 is 2.08 bits per heavy atom. The Kier molecular flexibility index (Phi) is 1.92. The van der Waals surface area contributed by atoms with Crippen molar-refractivity contribution < 1.29 is 5.11 Å². The quantitative estimate of drug-likeness (QED) is 0.638. The molecule has 1 saturated heterocycles. The van der Waals surface area contributed by atoms with E-state index in [2.05, 4.69) is 18.7 Å². The first-order chi connectivity index (χ1) is 5.64. The first kappa shape index (κ1) is 8.52. The molecule has 1 aliphatic heterocycles. The third-order valence-corrected chi connectivity index (χ3v) is 3.54. The van der Waals surface area contributed by atoms with Crippen LogP contribution in [0.25, 0.3) is 0 Å². The first-order valence-corrected chi connectivity index (χ1v) is 5.06. The molecule has 0 amide bonds. The Morgan fingerprint density at radius 3 is 2.58 bits per heavy atom. The van der Waals surface area contributed by atoms with Crippen molar-refractivity contribution in [3.05, 3.63) is 0 Å². The molecule has 12 heavy (non-hydrogen) atoms. The average molecular weight is 169 g/mol. The predicted octanol–water partition coefficient (Wildman–Crippen LogP) is 1.24. The van der Waals surface area contributed by atoms with Crippen molar-refractivity contribution in [2.45, 2.75) is 45.3 Å². The van der Waals surface area contributed by atoms with Crippen LogP contribution >= 0.6 is 0 Å². The molecular weight excluding hydrogens is 150 g/mol. The number of aliphatic hydroxyl groups is 1. The zero-order chi connectivity index (χ0) is 8.77. The van der Waals surface area contributed by atoms with E-state index in [9.17, 15) is 5.11 Å². The molecule has 2 aliphatic rings. The Balaban J connectivity index is 1.99. The number of hydrogen-bond donors (Lipinski definition) is 1. The number of nitrogens with zero attached hydrogens (tertiary/aromatic N) is 1. The molecule has 1 N–H and O–H groups in total. The van der Waals surface area contributed by atoms with Gasteiger partial charge >= 0.3 is 0 Å². The van der Waals surface area contributed by atoms with Crippen LogP contribution in [0.3, 0.4) is 0 Å². The number of likely N-dealkylation sites (tertiary alicyclic amines) is 1. The molecule has 0 aromatic heterocycles. The van der Waals surface area contributed by atoms with Crippen molar-refractivity contribution in [1.29, 1.82) is 0 Å². The molecule has 2 nitrogen and oxygen atoms in total. The standard InChI is InChI=1S/C10H19NO/c1-8(2)11-6-3-9(12)10(7-11)4-5-10/h8-9,12H,3-7H2,1-2H3. The molecule has 0 bridgehead atoms. The van der Waals surface area contributed by atoms with E-state index < -0.39 is 0 Å². The van der Waals surface area contributed by atoms with Gasteiger partial charge in [0.15, 0.2) is 0 Å². The van der Waals surface area contributed by atoms with Crippen LogP contribution in [0.4, 0.5) is 0 Å². The van der Waals surface area contributed by atoms with E-state index in [4.69, 9.17) is 0 Å². The maximum absolute atomic E-state index is 9.77. The molecular formula is C10H19NO. The van der Waals surface area contributed by atoms with Crippen LogP contribution in [0.15, 0.2) is 0 Å². The minimum absolute atomic E-state index is 0.00694. The van der Waals surface area contributed by atoms with Crippen LogP contribution in [-0.2, 0) is 0 Å². The Labute approximate surface area is 74.6 Å². The first-order valence-electron chi connectivity index (χ1n) is 5.06. The van der Waals surface area contributed by atoms with Gasteiger partial charge in [0.05, 0.1) is 6.10 Å². The van der Waals surface area contributed by atoms with Gasteiger partial charge in [-0.05, 0) is 33.1 Å². The van der Waals surface area contributed by atoms with Crippen molar-refractivity contribution in [3.8, 4) is 0 Å². The summed E-state index contributed by atoms with van der Waals surface area (Å²) in [7, 11) is 0. The summed E-state index contributed by atoms with van der Waals surface area (Å²) < 4.78 is 0. The molecule has 2 rings (SSSR count). The number of hydrogen-bond acceptors (Lipinski definition) is 2. The highest BCUT2D eigenvalue weighted by Crippen LogP contribution is 2.52. The topological polar surface area (TPSA) is 23.5 Å². The Morgan fingerprint density at radius 1 is 1.42 bits per heavy atom. The normalized spacial score (nSPS) is 34.5. The largest absolute Gasteiger partial charge is 0.392 e. The fraction of sp³-hybridized carbons (Fsp3) is 1.00. The van der Waals surface area contributed by atoms with Crippen LogP contribution in [0.2, 0.25) is 0 Å². The minimum atomic E-state index is -0.00694. The fourth-order valence-electron chi connectivity index (χ4n) is 2.28. The number of aliphatic hydroxyl groups excluding tert-OH is 1. The predicted molar refractivity (Wildman–Crippen MR) is 49.0 cm³/mol. The number of rotatable bonds is 1. The monoisotopic (exact) mass is 169 g/mol. The SMILES string of the molecule is CC(C)N1CCC(O)C2(CC2)C1. The van der Waals surface area contributed by atoms with E-state index in [0.717, 1.165) is 19.5 Å². The molecule has 1 heterocycles. The molecule has 1 aliphatic carbocycles. The minimum Gasteiger partial charge on any atom is -0.392 e. The average Bonchev–Trinajstić information content (AvgIpc) is 2.76. The lowest BCUT2D eigenvalue weighted by molar-refractivity contribution is 0.00136. The summed E-state index contributed by atoms with van der Waals surface area (Å²) in [5.41, 5.74) is 0.322. The van der Waals surface area contributed by atoms with Gasteiger partial charge in [0, 0.05) is 24.5 Å². The Bertz CT molecular complexity index is 175. The van der Waals surface area contributed by atoms with Crippen LogP contribution in [0, 0.1) is 5.41 Å². The molecule has 2 heteroatoms. The van der Waals surface area contributed by atoms with Gasteiger partial charge in [0.1, 0.15) is 0 Å². The smallest absolute Gasteiger partial charge is 0.0620 e. The maximum atomic E-state index is 9.77. The summed E-state index contributed by atoms with van der Waals surface area (Å²) in [6.07, 6.45) is 3.47. The van der Waals surface area contributed by atoms with Crippen molar-refractivity contribution in [3.63, 3.8) is 0 Å². The van der Waals surface area contributed by atoms with Crippen LogP contribution < -0.4 is 0 Å². The highest BCUT2D eigenvalue weighted by atomic mass is 16.3. The lowest BCUT2D eigenvalue weighted by atomic mass is 9.91. The van der Waals surface area contributed by atoms with Crippen LogP contribution in [0.5, 0.6) is 0 Å². The van der Waals surface area contributed by atoms with Gasteiger partial charge < -0.3 is 10.0 Å². The Hall–Kier alpha value is -0.0800. The number of piperidine rings is 1. The van der Waals surface area contributed by atoms with Gasteiger partial charge in [-0.25, -0.2) is 0 Å². The van der Waals surface area contributed by atoms with Crippen molar-refractivity contribution in [2.75, 3.05) is 13.1 Å². The molecule has 1 spiro atoms. The van der Waals surface area contributed by atoms with Gasteiger partial charge in [0.25, 0.3) is 0 Å². The van der Waals surface area contributed by atoms with E-state index in [0.29, 0.717) is 11.5 Å². The molecule has 70 valence electrons. The molecule has 0 radical (unpaired) electrons. The highest BCUT2D eigenvalue weighted by Gasteiger charge is 2.51. The van der Waals surface area contributed by atoms with Crippen molar-refractivity contribution in [1.82, 2.24) is 4.90 Å². The molecule has 0 aromatic rings. The third-order valence-electron chi connectivity index (χ3n) is 3.54. The van der Waals surface area contributed by atoms with Crippen molar-refractivity contribution >= 4 is 0 Å². The van der Waals surface area contributed by atoms with E-state index in [-0.39, 0.29) is 6.10 Å². The van der Waals surface area contributed by atoms with E-state index in [1.165, 1.54) is 12.8 Å². The molecule has 0 aromatic carbocycles. The summed E-state index contributed by atoms with van der Waals surface area (Å²) in [4.78, 5) is 2.50. The van der Waals surface area contributed by atoms with Gasteiger partial charge in [-0.1, -0.05) is 0 Å². The van der Waals surface area contributed by atoms with E-state index in [1.54, 1.807) is 0 Å². The molecule has 1 atom stereocenters. The van der Waals surface area contributed by atoms with E-state index in [1.807, 2.05) is 0 Å². The zero-order valence-electron chi connectivity index (χ0n) is 8.08. The highest BCUT2D eigenvalue weighted by molar-refractivity contribution is 5.03. The van der Waals surface area contributed by atoms with Crippen LogP contribution in [-0.4, -0.2) is 35.2 Å². The van der Waals surface area contributed by atoms with Crippen molar-refractivity contribution in [2.24, 2.45) is 5.41 Å².